The Kier molecular flexibility index (Phi) is 4.28. The van der Waals surface area contributed by atoms with Gasteiger partial charge >= 0.3 is 0 Å². The van der Waals surface area contributed by atoms with Crippen molar-refractivity contribution in [2.24, 2.45) is 5.41 Å². The van der Waals surface area contributed by atoms with E-state index < -0.39 is 0 Å². The van der Waals surface area contributed by atoms with E-state index in [9.17, 15) is 0 Å². The summed E-state index contributed by atoms with van der Waals surface area (Å²) in [6.45, 7) is 1.69. The molecule has 16 heavy (non-hydrogen) atoms. The normalized spacial score (nSPS) is 19.6. The van der Waals surface area contributed by atoms with Crippen LogP contribution in [0.2, 0.25) is 0 Å². The van der Waals surface area contributed by atoms with Crippen molar-refractivity contribution in [2.75, 3.05) is 19.1 Å². The van der Waals surface area contributed by atoms with E-state index in [1.807, 2.05) is 6.07 Å². The zero-order chi connectivity index (χ0) is 11.4. The first-order valence-corrected chi connectivity index (χ1v) is 6.96. The van der Waals surface area contributed by atoms with Crippen LogP contribution in [0.15, 0.2) is 28.7 Å². The van der Waals surface area contributed by atoms with Crippen LogP contribution in [0.25, 0.3) is 0 Å². The maximum Gasteiger partial charge on any atom is 0.0471 e. The van der Waals surface area contributed by atoms with E-state index in [0.29, 0.717) is 0 Å². The fourth-order valence-corrected chi connectivity index (χ4v) is 2.99. The van der Waals surface area contributed by atoms with Crippen molar-refractivity contribution in [2.45, 2.75) is 19.3 Å². The molecule has 0 N–H and O–H groups in total. The molecule has 1 nitrogen and oxygen atoms in total. The Morgan fingerprint density at radius 3 is 2.56 bits per heavy atom. The van der Waals surface area contributed by atoms with Gasteiger partial charge in [-0.15, -0.1) is 11.6 Å². The van der Waals surface area contributed by atoms with Crippen LogP contribution in [0.4, 0.5) is 0 Å². The molecule has 0 bridgehead atoms. The number of rotatable bonds is 3. The van der Waals surface area contributed by atoms with Gasteiger partial charge in [-0.05, 0) is 36.3 Å². The molecule has 1 heterocycles. The second-order valence-corrected chi connectivity index (χ2v) is 5.64. The quantitative estimate of drug-likeness (QED) is 0.766. The van der Waals surface area contributed by atoms with Crippen molar-refractivity contribution in [3.63, 3.8) is 0 Å². The van der Waals surface area contributed by atoms with E-state index in [1.165, 1.54) is 10.0 Å². The fraction of sp³-hybridized carbons (Fsp3) is 0.538. The van der Waals surface area contributed by atoms with Gasteiger partial charge in [0.2, 0.25) is 0 Å². The predicted molar refractivity (Wildman–Crippen MR) is 71.1 cm³/mol. The number of hydrogen-bond donors (Lipinski definition) is 0. The minimum atomic E-state index is 0.226. The summed E-state index contributed by atoms with van der Waals surface area (Å²) in [5.41, 5.74) is 1.58. The maximum atomic E-state index is 6.17. The van der Waals surface area contributed by atoms with Gasteiger partial charge in [-0.1, -0.05) is 34.1 Å². The number of ether oxygens (including phenoxy) is 1. The summed E-state index contributed by atoms with van der Waals surface area (Å²) in [6, 6.07) is 8.40. The number of benzene rings is 1. The van der Waals surface area contributed by atoms with Gasteiger partial charge in [0, 0.05) is 23.6 Å². The van der Waals surface area contributed by atoms with Gasteiger partial charge < -0.3 is 4.74 Å². The fourth-order valence-electron chi connectivity index (χ4n) is 2.21. The number of hydrogen-bond acceptors (Lipinski definition) is 1. The third-order valence-corrected chi connectivity index (χ3v) is 4.70. The molecule has 0 aromatic heterocycles. The molecule has 1 aromatic carbocycles. The van der Waals surface area contributed by atoms with Gasteiger partial charge in [-0.3, -0.25) is 0 Å². The first kappa shape index (κ1) is 12.4. The molecule has 1 saturated heterocycles. The van der Waals surface area contributed by atoms with Crippen molar-refractivity contribution >= 4 is 27.5 Å². The van der Waals surface area contributed by atoms with Crippen LogP contribution in [0, 0.1) is 5.41 Å². The summed E-state index contributed by atoms with van der Waals surface area (Å²) in [4.78, 5) is 0. The highest BCUT2D eigenvalue weighted by Gasteiger charge is 2.32. The summed E-state index contributed by atoms with van der Waals surface area (Å²) in [6.07, 6.45) is 3.18. The Hall–Kier alpha value is -0.0500. The third kappa shape index (κ3) is 2.79. The average Bonchev–Trinajstić information content (AvgIpc) is 2.33. The highest BCUT2D eigenvalue weighted by molar-refractivity contribution is 9.10. The van der Waals surface area contributed by atoms with Crippen LogP contribution >= 0.6 is 27.5 Å². The van der Waals surface area contributed by atoms with E-state index in [0.717, 1.165) is 38.4 Å². The van der Waals surface area contributed by atoms with Crippen molar-refractivity contribution < 1.29 is 4.74 Å². The van der Waals surface area contributed by atoms with Gasteiger partial charge in [0.25, 0.3) is 0 Å². The van der Waals surface area contributed by atoms with Crippen LogP contribution in [-0.4, -0.2) is 19.1 Å². The lowest BCUT2D eigenvalue weighted by Crippen LogP contribution is -2.33. The highest BCUT2D eigenvalue weighted by atomic mass is 79.9. The molecule has 0 aliphatic carbocycles. The van der Waals surface area contributed by atoms with Crippen LogP contribution < -0.4 is 0 Å². The van der Waals surface area contributed by atoms with Crippen molar-refractivity contribution in [1.29, 1.82) is 0 Å². The van der Waals surface area contributed by atoms with E-state index >= 15 is 0 Å². The number of halogens is 2. The molecule has 1 aromatic rings. The molecule has 0 unspecified atom stereocenters. The summed E-state index contributed by atoms with van der Waals surface area (Å²) in [5.74, 6) is 0.720. The highest BCUT2D eigenvalue weighted by Crippen LogP contribution is 2.37. The molecule has 2 rings (SSSR count). The monoisotopic (exact) mass is 302 g/mol. The summed E-state index contributed by atoms with van der Waals surface area (Å²) in [5, 5.41) is 0. The first-order chi connectivity index (χ1) is 7.76. The predicted octanol–water partition coefficient (Wildman–Crippen LogP) is 4.03. The topological polar surface area (TPSA) is 9.23 Å². The van der Waals surface area contributed by atoms with Gasteiger partial charge in [0.05, 0.1) is 0 Å². The van der Waals surface area contributed by atoms with Crippen molar-refractivity contribution in [3.05, 3.63) is 34.3 Å². The molecule has 1 fully saturated rings. The SMILES string of the molecule is ClCC1(Cc2ccccc2Br)CCOCC1. The Balaban J connectivity index is 2.15. The zero-order valence-corrected chi connectivity index (χ0v) is 11.6. The largest absolute Gasteiger partial charge is 0.381 e. The minimum Gasteiger partial charge on any atom is -0.381 e. The van der Waals surface area contributed by atoms with Crippen LogP contribution in [-0.2, 0) is 11.2 Å². The van der Waals surface area contributed by atoms with Crippen LogP contribution in [0.3, 0.4) is 0 Å². The Labute approximate surface area is 110 Å². The van der Waals surface area contributed by atoms with Gasteiger partial charge in [0.1, 0.15) is 0 Å². The van der Waals surface area contributed by atoms with Gasteiger partial charge in [-0.25, -0.2) is 0 Å². The smallest absolute Gasteiger partial charge is 0.0471 e. The molecule has 0 atom stereocenters. The molecule has 3 heteroatoms. The van der Waals surface area contributed by atoms with Crippen molar-refractivity contribution in [3.8, 4) is 0 Å². The lowest BCUT2D eigenvalue weighted by Gasteiger charge is -2.35. The molecular formula is C13H16BrClO. The third-order valence-electron chi connectivity index (χ3n) is 3.36. The molecular weight excluding hydrogens is 287 g/mol. The molecule has 0 radical (unpaired) electrons. The molecule has 88 valence electrons. The molecule has 0 spiro atoms. The lowest BCUT2D eigenvalue weighted by atomic mass is 9.77. The van der Waals surface area contributed by atoms with Crippen LogP contribution in [0.1, 0.15) is 18.4 Å². The zero-order valence-electron chi connectivity index (χ0n) is 9.22. The van der Waals surface area contributed by atoms with Crippen LogP contribution in [0.5, 0.6) is 0 Å². The molecule has 1 aliphatic rings. The van der Waals surface area contributed by atoms with E-state index in [-0.39, 0.29) is 5.41 Å². The number of alkyl halides is 1. The maximum absolute atomic E-state index is 6.17. The summed E-state index contributed by atoms with van der Waals surface area (Å²) in [7, 11) is 0. The van der Waals surface area contributed by atoms with E-state index in [1.54, 1.807) is 0 Å². The summed E-state index contributed by atoms with van der Waals surface area (Å²) >= 11 is 9.77. The minimum absolute atomic E-state index is 0.226. The Morgan fingerprint density at radius 2 is 1.94 bits per heavy atom. The first-order valence-electron chi connectivity index (χ1n) is 5.63. The summed E-state index contributed by atoms with van der Waals surface area (Å²) < 4.78 is 6.61. The molecule has 0 amide bonds. The second kappa shape index (κ2) is 5.52. The van der Waals surface area contributed by atoms with Crippen molar-refractivity contribution in [1.82, 2.24) is 0 Å². The average molecular weight is 304 g/mol. The standard InChI is InChI=1S/C13H16BrClO/c14-12-4-2-1-3-11(12)9-13(10-15)5-7-16-8-6-13/h1-4H,5-10H2. The van der Waals surface area contributed by atoms with E-state index in [4.69, 9.17) is 16.3 Å². The lowest BCUT2D eigenvalue weighted by molar-refractivity contribution is 0.0257. The molecule has 0 saturated carbocycles. The second-order valence-electron chi connectivity index (χ2n) is 4.51. The van der Waals surface area contributed by atoms with Gasteiger partial charge in [0.15, 0.2) is 0 Å². The molecule has 1 aliphatic heterocycles. The van der Waals surface area contributed by atoms with Gasteiger partial charge in [-0.2, -0.15) is 0 Å². The Bertz CT molecular complexity index is 348. The Morgan fingerprint density at radius 1 is 1.25 bits per heavy atom. The van der Waals surface area contributed by atoms with E-state index in [2.05, 4.69) is 34.1 Å².